The maximum Gasteiger partial charge on any atom is 0.123 e. The molecule has 104 valence electrons. The predicted molar refractivity (Wildman–Crippen MR) is 78.8 cm³/mol. The molecule has 2 aromatic rings. The molecule has 20 heavy (non-hydrogen) atoms. The minimum atomic E-state index is 0.111. The van der Waals surface area contributed by atoms with Crippen molar-refractivity contribution in [3.8, 4) is 0 Å². The third-order valence-electron chi connectivity index (χ3n) is 3.78. The molecule has 0 bridgehead atoms. The van der Waals surface area contributed by atoms with E-state index in [4.69, 9.17) is 16.2 Å². The number of nitrogen functional groups attached to an aromatic ring is 1. The normalized spacial score (nSPS) is 21.4. The standard InChI is InChI=1S/C16H19N3O/c17-14-5-6-15(13-4-2-1-3-12(13)14)20-10-11-7-8-19-16(18)9-11/h1-4,7-9,14-15H,5-6,10,17H2,(H2,18,19)/t14-,15?/m0/s1. The highest BCUT2D eigenvalue weighted by atomic mass is 16.5. The van der Waals surface area contributed by atoms with Gasteiger partial charge < -0.3 is 16.2 Å². The summed E-state index contributed by atoms with van der Waals surface area (Å²) < 4.78 is 6.06. The van der Waals surface area contributed by atoms with E-state index in [1.54, 1.807) is 6.20 Å². The van der Waals surface area contributed by atoms with Crippen LogP contribution in [0.2, 0.25) is 0 Å². The van der Waals surface area contributed by atoms with Crippen LogP contribution in [0, 0.1) is 0 Å². The molecule has 4 nitrogen and oxygen atoms in total. The molecule has 1 unspecified atom stereocenters. The highest BCUT2D eigenvalue weighted by Crippen LogP contribution is 2.37. The third-order valence-corrected chi connectivity index (χ3v) is 3.78. The lowest BCUT2D eigenvalue weighted by molar-refractivity contribution is 0.0258. The van der Waals surface area contributed by atoms with Crippen LogP contribution in [-0.4, -0.2) is 4.98 Å². The van der Waals surface area contributed by atoms with Gasteiger partial charge in [0.05, 0.1) is 12.7 Å². The van der Waals surface area contributed by atoms with Gasteiger partial charge in [0.15, 0.2) is 0 Å². The Morgan fingerprint density at radius 1 is 1.15 bits per heavy atom. The second-order valence-corrected chi connectivity index (χ2v) is 5.20. The quantitative estimate of drug-likeness (QED) is 0.898. The molecule has 0 spiro atoms. The van der Waals surface area contributed by atoms with Crippen molar-refractivity contribution < 1.29 is 4.74 Å². The number of nitrogens with two attached hydrogens (primary N) is 2. The fourth-order valence-corrected chi connectivity index (χ4v) is 2.74. The molecule has 4 heteroatoms. The highest BCUT2D eigenvalue weighted by molar-refractivity contribution is 5.34. The van der Waals surface area contributed by atoms with Crippen molar-refractivity contribution in [3.05, 3.63) is 59.3 Å². The minimum Gasteiger partial charge on any atom is -0.384 e. The summed E-state index contributed by atoms with van der Waals surface area (Å²) in [5, 5.41) is 0. The van der Waals surface area contributed by atoms with Gasteiger partial charge in [0.25, 0.3) is 0 Å². The van der Waals surface area contributed by atoms with Crippen LogP contribution in [0.1, 0.15) is 41.7 Å². The Morgan fingerprint density at radius 2 is 1.95 bits per heavy atom. The lowest BCUT2D eigenvalue weighted by Gasteiger charge is -2.29. The molecule has 1 aliphatic carbocycles. The number of hydrogen-bond donors (Lipinski definition) is 2. The van der Waals surface area contributed by atoms with Crippen molar-refractivity contribution in [3.63, 3.8) is 0 Å². The minimum absolute atomic E-state index is 0.111. The Labute approximate surface area is 118 Å². The average Bonchev–Trinajstić information content (AvgIpc) is 2.47. The van der Waals surface area contributed by atoms with Gasteiger partial charge in [-0.25, -0.2) is 4.98 Å². The average molecular weight is 269 g/mol. The topological polar surface area (TPSA) is 74.2 Å². The van der Waals surface area contributed by atoms with Gasteiger partial charge in [0.1, 0.15) is 5.82 Å². The summed E-state index contributed by atoms with van der Waals surface area (Å²) in [5.41, 5.74) is 15.3. The molecule has 1 aromatic carbocycles. The smallest absolute Gasteiger partial charge is 0.123 e. The number of pyridine rings is 1. The monoisotopic (exact) mass is 269 g/mol. The highest BCUT2D eigenvalue weighted by Gasteiger charge is 2.25. The van der Waals surface area contributed by atoms with Crippen LogP contribution < -0.4 is 11.5 Å². The maximum atomic E-state index is 6.16. The molecule has 0 radical (unpaired) electrons. The van der Waals surface area contributed by atoms with Crippen molar-refractivity contribution in [1.29, 1.82) is 0 Å². The van der Waals surface area contributed by atoms with E-state index in [2.05, 4.69) is 17.1 Å². The van der Waals surface area contributed by atoms with E-state index in [0.717, 1.165) is 18.4 Å². The maximum absolute atomic E-state index is 6.16. The lowest BCUT2D eigenvalue weighted by atomic mass is 9.86. The molecule has 0 saturated heterocycles. The number of hydrogen-bond acceptors (Lipinski definition) is 4. The van der Waals surface area contributed by atoms with Crippen LogP contribution in [-0.2, 0) is 11.3 Å². The largest absolute Gasteiger partial charge is 0.384 e. The van der Waals surface area contributed by atoms with Gasteiger partial charge in [-0.2, -0.15) is 0 Å². The fraction of sp³-hybridized carbons (Fsp3) is 0.312. The third kappa shape index (κ3) is 2.66. The van der Waals surface area contributed by atoms with Gasteiger partial charge in [-0.3, -0.25) is 0 Å². The second kappa shape index (κ2) is 5.61. The Balaban J connectivity index is 1.74. The van der Waals surface area contributed by atoms with Crippen molar-refractivity contribution >= 4 is 5.82 Å². The van der Waals surface area contributed by atoms with Crippen LogP contribution in [0.5, 0.6) is 0 Å². The Bertz CT molecular complexity index is 600. The predicted octanol–water partition coefficient (Wildman–Crippen LogP) is 2.72. The SMILES string of the molecule is Nc1cc(COC2CC[C@H](N)c3ccccc32)ccn1. The Morgan fingerprint density at radius 3 is 2.75 bits per heavy atom. The molecule has 4 N–H and O–H groups in total. The van der Waals surface area contributed by atoms with Crippen molar-refractivity contribution in [2.24, 2.45) is 5.73 Å². The Hall–Kier alpha value is -1.91. The molecular weight excluding hydrogens is 250 g/mol. The first kappa shape index (κ1) is 13.1. The molecule has 3 rings (SSSR count). The van der Waals surface area contributed by atoms with Crippen molar-refractivity contribution in [1.82, 2.24) is 4.98 Å². The number of nitrogens with zero attached hydrogens (tertiary/aromatic N) is 1. The lowest BCUT2D eigenvalue weighted by Crippen LogP contribution is -2.21. The van der Waals surface area contributed by atoms with E-state index in [1.165, 1.54) is 11.1 Å². The number of anilines is 1. The van der Waals surface area contributed by atoms with Gasteiger partial charge in [-0.05, 0) is 41.7 Å². The molecule has 1 aromatic heterocycles. The zero-order valence-corrected chi connectivity index (χ0v) is 11.3. The van der Waals surface area contributed by atoms with Gasteiger partial charge in [-0.15, -0.1) is 0 Å². The van der Waals surface area contributed by atoms with E-state index >= 15 is 0 Å². The first-order valence-electron chi connectivity index (χ1n) is 6.90. The zero-order chi connectivity index (χ0) is 13.9. The van der Waals surface area contributed by atoms with Crippen molar-refractivity contribution in [2.75, 3.05) is 5.73 Å². The van der Waals surface area contributed by atoms with Crippen LogP contribution in [0.15, 0.2) is 42.6 Å². The van der Waals surface area contributed by atoms with E-state index in [0.29, 0.717) is 12.4 Å². The Kier molecular flexibility index (Phi) is 3.67. The number of rotatable bonds is 3. The van der Waals surface area contributed by atoms with Gasteiger partial charge in [-0.1, -0.05) is 24.3 Å². The first-order chi connectivity index (χ1) is 9.74. The van der Waals surface area contributed by atoms with E-state index in [-0.39, 0.29) is 12.1 Å². The molecule has 1 aliphatic rings. The molecule has 1 heterocycles. The molecule has 0 saturated carbocycles. The molecule has 0 amide bonds. The second-order valence-electron chi connectivity index (χ2n) is 5.20. The summed E-state index contributed by atoms with van der Waals surface area (Å²) in [6, 6.07) is 12.2. The summed E-state index contributed by atoms with van der Waals surface area (Å²) in [5.74, 6) is 0.525. The molecule has 0 aliphatic heterocycles. The zero-order valence-electron chi connectivity index (χ0n) is 11.3. The van der Waals surface area contributed by atoms with Gasteiger partial charge >= 0.3 is 0 Å². The molecule has 2 atom stereocenters. The van der Waals surface area contributed by atoms with Crippen molar-refractivity contribution in [2.45, 2.75) is 31.6 Å². The van der Waals surface area contributed by atoms with Crippen LogP contribution in [0.3, 0.4) is 0 Å². The summed E-state index contributed by atoms with van der Waals surface area (Å²) in [6.07, 6.45) is 3.73. The van der Waals surface area contributed by atoms with Crippen LogP contribution in [0.25, 0.3) is 0 Å². The summed E-state index contributed by atoms with van der Waals surface area (Å²) in [6.45, 7) is 0.543. The van der Waals surface area contributed by atoms with E-state index in [1.807, 2.05) is 24.3 Å². The number of aromatic nitrogens is 1. The number of ether oxygens (including phenoxy) is 1. The van der Waals surface area contributed by atoms with E-state index in [9.17, 15) is 0 Å². The van der Waals surface area contributed by atoms with Gasteiger partial charge in [0.2, 0.25) is 0 Å². The fourth-order valence-electron chi connectivity index (χ4n) is 2.74. The van der Waals surface area contributed by atoms with Gasteiger partial charge in [0, 0.05) is 12.2 Å². The number of fused-ring (bicyclic) bond motifs is 1. The van der Waals surface area contributed by atoms with E-state index < -0.39 is 0 Å². The van der Waals surface area contributed by atoms with Crippen LogP contribution >= 0.6 is 0 Å². The molecular formula is C16H19N3O. The first-order valence-corrected chi connectivity index (χ1v) is 6.90. The summed E-state index contributed by atoms with van der Waals surface area (Å²) >= 11 is 0. The summed E-state index contributed by atoms with van der Waals surface area (Å²) in [4.78, 5) is 3.99. The van der Waals surface area contributed by atoms with Crippen LogP contribution in [0.4, 0.5) is 5.82 Å². The molecule has 0 fully saturated rings. The number of benzene rings is 1. The summed E-state index contributed by atoms with van der Waals surface area (Å²) in [7, 11) is 0.